The van der Waals surface area contributed by atoms with Crippen LogP contribution in [0, 0.1) is 0 Å². The second-order valence-corrected chi connectivity index (χ2v) is 11.2. The van der Waals surface area contributed by atoms with E-state index in [0.29, 0.717) is 42.1 Å². The van der Waals surface area contributed by atoms with E-state index >= 15 is 0 Å². The van der Waals surface area contributed by atoms with Crippen molar-refractivity contribution in [2.45, 2.75) is 42.9 Å². The first-order valence-corrected chi connectivity index (χ1v) is 13.3. The van der Waals surface area contributed by atoms with E-state index in [9.17, 15) is 13.2 Å². The van der Waals surface area contributed by atoms with Gasteiger partial charge in [0.1, 0.15) is 0 Å². The van der Waals surface area contributed by atoms with E-state index in [2.05, 4.69) is 4.98 Å². The molecule has 1 aliphatic carbocycles. The van der Waals surface area contributed by atoms with Crippen molar-refractivity contribution in [2.75, 3.05) is 44.7 Å². The van der Waals surface area contributed by atoms with Gasteiger partial charge in [-0.2, -0.15) is 4.31 Å². The summed E-state index contributed by atoms with van der Waals surface area (Å²) in [5, 5.41) is 2.51. The fourth-order valence-corrected chi connectivity index (χ4v) is 6.46. The number of carbonyl (C=O) groups excluding carboxylic acids is 1. The van der Waals surface area contributed by atoms with Crippen molar-refractivity contribution >= 4 is 32.4 Å². The van der Waals surface area contributed by atoms with E-state index in [4.69, 9.17) is 0 Å². The van der Waals surface area contributed by atoms with E-state index in [-0.39, 0.29) is 12.5 Å². The molecular formula is C22H30N4O3S2. The smallest absolute Gasteiger partial charge is 0.243 e. The third-order valence-electron chi connectivity index (χ3n) is 6.36. The first kappa shape index (κ1) is 22.4. The minimum Gasteiger partial charge on any atom is -0.292 e. The summed E-state index contributed by atoms with van der Waals surface area (Å²) < 4.78 is 27.7. The molecule has 0 spiro atoms. The lowest BCUT2D eigenvalue weighted by molar-refractivity contribution is -0.119. The predicted molar refractivity (Wildman–Crippen MR) is 123 cm³/mol. The first-order valence-electron chi connectivity index (χ1n) is 10.9. The molecule has 31 heavy (non-hydrogen) atoms. The number of nitrogens with zero attached hydrogens (tertiary/aromatic N) is 4. The van der Waals surface area contributed by atoms with Crippen molar-refractivity contribution < 1.29 is 13.2 Å². The summed E-state index contributed by atoms with van der Waals surface area (Å²) in [5.74, 6) is 0.527. The highest BCUT2D eigenvalue weighted by Gasteiger charge is 2.30. The molecule has 2 aliphatic rings. The maximum Gasteiger partial charge on any atom is 0.243 e. The normalized spacial score (nSPS) is 19.4. The molecule has 2 aromatic rings. The largest absolute Gasteiger partial charge is 0.292 e. The summed E-state index contributed by atoms with van der Waals surface area (Å²) in [4.78, 5) is 20.6. The number of rotatable bonds is 6. The third kappa shape index (κ3) is 5.16. The number of benzene rings is 1. The Bertz CT molecular complexity index is 963. The van der Waals surface area contributed by atoms with Crippen LogP contribution < -0.4 is 4.90 Å². The second-order valence-electron chi connectivity index (χ2n) is 8.35. The number of carbonyl (C=O) groups is 1. The Hall–Kier alpha value is -1.81. The first-order chi connectivity index (χ1) is 14.9. The zero-order valence-electron chi connectivity index (χ0n) is 17.9. The van der Waals surface area contributed by atoms with E-state index in [1.54, 1.807) is 30.3 Å². The van der Waals surface area contributed by atoms with Gasteiger partial charge >= 0.3 is 0 Å². The van der Waals surface area contributed by atoms with E-state index in [1.165, 1.54) is 53.3 Å². The molecule has 0 unspecified atom stereocenters. The second kappa shape index (κ2) is 9.77. The van der Waals surface area contributed by atoms with Crippen LogP contribution in [-0.2, 0) is 14.8 Å². The average Bonchev–Trinajstić information content (AvgIpc) is 3.34. The summed E-state index contributed by atoms with van der Waals surface area (Å²) in [6.45, 7) is 2.12. The predicted octanol–water partition coefficient (Wildman–Crippen LogP) is 3.16. The van der Waals surface area contributed by atoms with Crippen LogP contribution in [-0.4, -0.2) is 68.3 Å². The Morgan fingerprint density at radius 2 is 1.77 bits per heavy atom. The van der Waals surface area contributed by atoms with Crippen LogP contribution in [0.3, 0.4) is 0 Å². The number of piperazine rings is 1. The fraction of sp³-hybridized carbons (Fsp3) is 0.545. The van der Waals surface area contributed by atoms with Crippen molar-refractivity contribution in [2.24, 2.45) is 0 Å². The van der Waals surface area contributed by atoms with Crippen molar-refractivity contribution in [1.82, 2.24) is 14.2 Å². The van der Waals surface area contributed by atoms with Gasteiger partial charge in [0, 0.05) is 44.8 Å². The van der Waals surface area contributed by atoms with Crippen molar-refractivity contribution in [3.05, 3.63) is 41.4 Å². The van der Waals surface area contributed by atoms with Gasteiger partial charge in [-0.1, -0.05) is 31.4 Å². The molecule has 1 amide bonds. The highest BCUT2D eigenvalue weighted by molar-refractivity contribution is 7.89. The molecule has 1 aliphatic heterocycles. The molecule has 1 saturated heterocycles. The number of aromatic nitrogens is 1. The van der Waals surface area contributed by atoms with Crippen molar-refractivity contribution in [1.29, 1.82) is 0 Å². The van der Waals surface area contributed by atoms with Gasteiger partial charge in [0.05, 0.1) is 11.4 Å². The fourth-order valence-electron chi connectivity index (χ4n) is 4.41. The molecule has 4 rings (SSSR count). The molecule has 0 radical (unpaired) electrons. The molecule has 168 valence electrons. The van der Waals surface area contributed by atoms with E-state index in [0.717, 1.165) is 0 Å². The summed E-state index contributed by atoms with van der Waals surface area (Å²) in [7, 11) is -1.79. The Kier molecular flexibility index (Phi) is 7.05. The molecule has 7 nitrogen and oxygen atoms in total. The molecule has 1 saturated carbocycles. The minimum absolute atomic E-state index is 0.0374. The van der Waals surface area contributed by atoms with Gasteiger partial charge in [-0.05, 0) is 36.5 Å². The quantitative estimate of drug-likeness (QED) is 0.659. The van der Waals surface area contributed by atoms with Crippen LogP contribution in [0.15, 0.2) is 40.7 Å². The zero-order valence-corrected chi connectivity index (χ0v) is 19.6. The number of sulfonamides is 1. The summed E-state index contributed by atoms with van der Waals surface area (Å²) in [6.07, 6.45) is 7.90. The number of thiazole rings is 1. The Balaban J connectivity index is 1.32. The third-order valence-corrected chi connectivity index (χ3v) is 9.13. The lowest BCUT2D eigenvalue weighted by Crippen LogP contribution is -2.51. The van der Waals surface area contributed by atoms with Crippen LogP contribution >= 0.6 is 11.3 Å². The molecular weight excluding hydrogens is 432 g/mol. The number of anilines is 1. The van der Waals surface area contributed by atoms with Gasteiger partial charge in [-0.15, -0.1) is 11.3 Å². The maximum absolute atomic E-state index is 13.1. The summed E-state index contributed by atoms with van der Waals surface area (Å²) in [5.41, 5.74) is 1.26. The van der Waals surface area contributed by atoms with Crippen molar-refractivity contribution in [3.8, 4) is 0 Å². The van der Waals surface area contributed by atoms with Gasteiger partial charge in [0.25, 0.3) is 0 Å². The lowest BCUT2D eigenvalue weighted by atomic mass is 9.84. The Morgan fingerprint density at radius 3 is 2.39 bits per heavy atom. The molecule has 1 aromatic heterocycles. The Labute approximate surface area is 188 Å². The van der Waals surface area contributed by atoms with E-state index < -0.39 is 10.0 Å². The molecule has 0 bridgehead atoms. The van der Waals surface area contributed by atoms with Gasteiger partial charge in [-0.3, -0.25) is 14.6 Å². The number of amides is 1. The van der Waals surface area contributed by atoms with Gasteiger partial charge in [0.15, 0.2) is 5.13 Å². The number of likely N-dealkylation sites (N-methyl/N-ethyl adjacent to an activating group) is 1. The monoisotopic (exact) mass is 462 g/mol. The molecule has 0 N–H and O–H groups in total. The standard InChI is InChI=1S/C22H30N4O3S2/c1-24(22-23-11-16-30-22)21(27)17-25-12-14-26(15-13-25)31(28,29)20-9-7-19(8-10-20)18-5-3-2-4-6-18/h7-11,16,18H,2-6,12-15,17H2,1H3. The molecule has 2 fully saturated rings. The molecule has 1 aromatic carbocycles. The maximum atomic E-state index is 13.1. The molecule has 2 heterocycles. The molecule has 9 heteroatoms. The highest BCUT2D eigenvalue weighted by atomic mass is 32.2. The Morgan fingerprint density at radius 1 is 1.10 bits per heavy atom. The van der Waals surface area contributed by atoms with Crippen LogP contribution in [0.2, 0.25) is 0 Å². The summed E-state index contributed by atoms with van der Waals surface area (Å²) in [6, 6.07) is 7.51. The zero-order chi connectivity index (χ0) is 21.8. The van der Waals surface area contributed by atoms with Crippen molar-refractivity contribution in [3.63, 3.8) is 0 Å². The van der Waals surface area contributed by atoms with Crippen LogP contribution in [0.5, 0.6) is 0 Å². The minimum atomic E-state index is -3.51. The van der Waals surface area contributed by atoms with Crippen LogP contribution in [0.1, 0.15) is 43.6 Å². The highest BCUT2D eigenvalue weighted by Crippen LogP contribution is 2.33. The topological polar surface area (TPSA) is 73.8 Å². The summed E-state index contributed by atoms with van der Waals surface area (Å²) >= 11 is 1.42. The van der Waals surface area contributed by atoms with Crippen LogP contribution in [0.25, 0.3) is 0 Å². The van der Waals surface area contributed by atoms with Gasteiger partial charge in [-0.25, -0.2) is 13.4 Å². The van der Waals surface area contributed by atoms with E-state index in [1.807, 2.05) is 22.4 Å². The number of hydrogen-bond acceptors (Lipinski definition) is 6. The van der Waals surface area contributed by atoms with Crippen LogP contribution in [0.4, 0.5) is 5.13 Å². The number of hydrogen-bond donors (Lipinski definition) is 0. The molecule has 0 atom stereocenters. The lowest BCUT2D eigenvalue weighted by Gasteiger charge is -2.34. The SMILES string of the molecule is CN(C(=O)CN1CCN(S(=O)(=O)c2ccc(C3CCCCC3)cc2)CC1)c1nccs1. The van der Waals surface area contributed by atoms with Gasteiger partial charge in [0.2, 0.25) is 15.9 Å². The van der Waals surface area contributed by atoms with Gasteiger partial charge < -0.3 is 0 Å². The average molecular weight is 463 g/mol.